The Hall–Kier alpha value is -6.52. The maximum absolute atomic E-state index is 5.19. The molecule has 9 rings (SSSR count). The summed E-state index contributed by atoms with van der Waals surface area (Å²) in [4.78, 5) is 10.2. The Kier molecular flexibility index (Phi) is 7.21. The van der Waals surface area contributed by atoms with Gasteiger partial charge in [0.1, 0.15) is 5.82 Å². The molecule has 0 N–H and O–H groups in total. The molecule has 0 unspecified atom stereocenters. The van der Waals surface area contributed by atoms with Crippen LogP contribution in [0.3, 0.4) is 0 Å². The third-order valence-corrected chi connectivity index (χ3v) is 9.71. The van der Waals surface area contributed by atoms with Gasteiger partial charge in [0.25, 0.3) is 0 Å². The minimum absolute atomic E-state index is 0.699. The second-order valence-corrected chi connectivity index (χ2v) is 12.6. The van der Waals surface area contributed by atoms with Gasteiger partial charge in [0.2, 0.25) is 0 Å². The van der Waals surface area contributed by atoms with E-state index in [1.165, 1.54) is 44.1 Å². The Balaban J connectivity index is 1.25. The first-order chi connectivity index (χ1) is 24.7. The summed E-state index contributed by atoms with van der Waals surface area (Å²) >= 11 is 0. The molecule has 9 aromatic rings. The number of para-hydroxylation sites is 2. The molecule has 0 saturated heterocycles. The van der Waals surface area contributed by atoms with Gasteiger partial charge in [-0.1, -0.05) is 135 Å². The molecule has 3 heterocycles. The van der Waals surface area contributed by atoms with E-state index in [4.69, 9.17) is 9.97 Å². The molecule has 0 fully saturated rings. The van der Waals surface area contributed by atoms with Crippen LogP contribution in [0, 0.1) is 0 Å². The lowest BCUT2D eigenvalue weighted by Crippen LogP contribution is -2.02. The minimum atomic E-state index is 0.699. The first-order valence-corrected chi connectivity index (χ1v) is 17.1. The van der Waals surface area contributed by atoms with Crippen LogP contribution in [0.1, 0.15) is 18.2 Å². The molecule has 0 aliphatic heterocycles. The molecule has 0 aliphatic rings. The van der Waals surface area contributed by atoms with Crippen LogP contribution in [-0.2, 0) is 6.42 Å². The Bertz CT molecular complexity index is 2630. The van der Waals surface area contributed by atoms with Crippen molar-refractivity contribution in [1.29, 1.82) is 0 Å². The van der Waals surface area contributed by atoms with Crippen LogP contribution in [-0.4, -0.2) is 19.1 Å². The average Bonchev–Trinajstić information content (AvgIpc) is 3.70. The standard InChI is InChI=1S/C46H34N4/c1-3-36-38-26-24-34(29-44(38)49(41(36)4-2)35-20-12-7-13-21-35)33-25-27-43-39(28-33)37-22-14-15-23-42(37)50(43)45-30-40(31-16-8-5-9-17-31)47-46(48-45)32-18-10-6-11-19-32/h3,5-30H,1,4H2,2H3. The van der Waals surface area contributed by atoms with Gasteiger partial charge in [-0.15, -0.1) is 0 Å². The van der Waals surface area contributed by atoms with Gasteiger partial charge < -0.3 is 4.57 Å². The van der Waals surface area contributed by atoms with Crippen LogP contribution in [0.2, 0.25) is 0 Å². The number of hydrogen-bond acceptors (Lipinski definition) is 2. The van der Waals surface area contributed by atoms with Crippen LogP contribution < -0.4 is 0 Å². The number of aromatic nitrogens is 4. The quantitative estimate of drug-likeness (QED) is 0.173. The summed E-state index contributed by atoms with van der Waals surface area (Å²) in [5.74, 6) is 1.53. The highest BCUT2D eigenvalue weighted by Gasteiger charge is 2.19. The maximum atomic E-state index is 5.19. The summed E-state index contributed by atoms with van der Waals surface area (Å²) in [6.07, 6.45) is 2.91. The molecule has 4 heteroatoms. The molecular weight excluding hydrogens is 609 g/mol. The van der Waals surface area contributed by atoms with E-state index < -0.39 is 0 Å². The highest BCUT2D eigenvalue weighted by Crippen LogP contribution is 2.38. The lowest BCUT2D eigenvalue weighted by Gasteiger charge is -2.12. The first-order valence-electron chi connectivity index (χ1n) is 17.1. The van der Waals surface area contributed by atoms with Gasteiger partial charge in [-0.05, 0) is 53.9 Å². The van der Waals surface area contributed by atoms with Crippen molar-refractivity contribution >= 4 is 38.8 Å². The van der Waals surface area contributed by atoms with Crippen molar-refractivity contribution in [2.75, 3.05) is 0 Å². The number of nitrogens with zero attached hydrogens (tertiary/aromatic N) is 4. The zero-order valence-corrected chi connectivity index (χ0v) is 27.8. The van der Waals surface area contributed by atoms with E-state index in [0.717, 1.165) is 45.8 Å². The van der Waals surface area contributed by atoms with Gasteiger partial charge in [-0.3, -0.25) is 4.57 Å². The van der Waals surface area contributed by atoms with Gasteiger partial charge in [-0.2, -0.15) is 0 Å². The smallest absolute Gasteiger partial charge is 0.162 e. The third kappa shape index (κ3) is 4.84. The molecule has 50 heavy (non-hydrogen) atoms. The van der Waals surface area contributed by atoms with Crippen LogP contribution in [0.15, 0.2) is 164 Å². The first kappa shape index (κ1) is 29.6. The lowest BCUT2D eigenvalue weighted by atomic mass is 10.0. The molecule has 0 amide bonds. The average molecular weight is 643 g/mol. The van der Waals surface area contributed by atoms with Gasteiger partial charge in [0, 0.05) is 50.3 Å². The molecule has 0 saturated carbocycles. The Labute approximate surface area is 291 Å². The number of fused-ring (bicyclic) bond motifs is 4. The fourth-order valence-electron chi connectivity index (χ4n) is 7.41. The number of hydrogen-bond donors (Lipinski definition) is 0. The minimum Gasteiger partial charge on any atom is -0.313 e. The highest BCUT2D eigenvalue weighted by molar-refractivity contribution is 6.10. The van der Waals surface area contributed by atoms with Crippen LogP contribution in [0.5, 0.6) is 0 Å². The SMILES string of the molecule is C=Cc1c(CC)n(-c2ccccc2)c2cc(-c3ccc4c(c3)c3ccccc3n4-c3cc(-c4ccccc4)nc(-c4ccccc4)n3)ccc12. The van der Waals surface area contributed by atoms with Crippen LogP contribution >= 0.6 is 0 Å². The van der Waals surface area contributed by atoms with Crippen molar-refractivity contribution in [3.05, 3.63) is 176 Å². The fourth-order valence-corrected chi connectivity index (χ4v) is 7.41. The molecule has 6 aromatic carbocycles. The maximum Gasteiger partial charge on any atom is 0.162 e. The summed E-state index contributed by atoms with van der Waals surface area (Å²) in [7, 11) is 0. The molecule has 0 atom stereocenters. The number of benzene rings is 6. The Morgan fingerprint density at radius 3 is 1.90 bits per heavy atom. The van der Waals surface area contributed by atoms with Crippen LogP contribution in [0.4, 0.5) is 0 Å². The lowest BCUT2D eigenvalue weighted by molar-refractivity contribution is 0.957. The van der Waals surface area contributed by atoms with Crippen molar-refractivity contribution in [1.82, 2.24) is 19.1 Å². The van der Waals surface area contributed by atoms with Crippen molar-refractivity contribution in [3.63, 3.8) is 0 Å². The van der Waals surface area contributed by atoms with Gasteiger partial charge >= 0.3 is 0 Å². The largest absolute Gasteiger partial charge is 0.313 e. The molecule has 0 radical (unpaired) electrons. The van der Waals surface area contributed by atoms with Crippen LogP contribution in [0.25, 0.3) is 84.1 Å². The summed E-state index contributed by atoms with van der Waals surface area (Å²) in [5, 5.41) is 3.58. The third-order valence-electron chi connectivity index (χ3n) is 9.71. The molecule has 0 bridgehead atoms. The van der Waals surface area contributed by atoms with Crippen molar-refractivity contribution in [2.45, 2.75) is 13.3 Å². The molecule has 4 nitrogen and oxygen atoms in total. The zero-order valence-electron chi connectivity index (χ0n) is 27.8. The van der Waals surface area contributed by atoms with Crippen molar-refractivity contribution in [3.8, 4) is 45.3 Å². The molecular formula is C46H34N4. The fraction of sp³-hybridized carbons (Fsp3) is 0.0435. The molecule has 3 aromatic heterocycles. The van der Waals surface area contributed by atoms with E-state index in [-0.39, 0.29) is 0 Å². The summed E-state index contributed by atoms with van der Waals surface area (Å²) in [6, 6.07) is 55.6. The molecule has 0 spiro atoms. The topological polar surface area (TPSA) is 35.6 Å². The molecule has 0 aliphatic carbocycles. The van der Waals surface area contributed by atoms with Crippen molar-refractivity contribution in [2.24, 2.45) is 0 Å². The second-order valence-electron chi connectivity index (χ2n) is 12.6. The summed E-state index contributed by atoms with van der Waals surface area (Å²) < 4.78 is 4.67. The Morgan fingerprint density at radius 1 is 0.520 bits per heavy atom. The van der Waals surface area contributed by atoms with Gasteiger partial charge in [0.05, 0.1) is 22.2 Å². The van der Waals surface area contributed by atoms with E-state index in [9.17, 15) is 0 Å². The van der Waals surface area contributed by atoms with E-state index in [1.807, 2.05) is 30.3 Å². The van der Waals surface area contributed by atoms with E-state index in [1.54, 1.807) is 0 Å². The summed E-state index contributed by atoms with van der Waals surface area (Å²) in [6.45, 7) is 6.40. The highest BCUT2D eigenvalue weighted by atomic mass is 15.1. The monoisotopic (exact) mass is 642 g/mol. The number of rotatable bonds is 7. The summed E-state index contributed by atoms with van der Waals surface area (Å²) in [5.41, 5.74) is 12.3. The van der Waals surface area contributed by atoms with Gasteiger partial charge in [-0.25, -0.2) is 9.97 Å². The van der Waals surface area contributed by atoms with E-state index in [0.29, 0.717) is 5.82 Å². The normalized spacial score (nSPS) is 11.5. The molecule has 238 valence electrons. The predicted octanol–water partition coefficient (Wildman–Crippen LogP) is 11.7. The Morgan fingerprint density at radius 2 is 1.16 bits per heavy atom. The van der Waals surface area contributed by atoms with E-state index >= 15 is 0 Å². The van der Waals surface area contributed by atoms with E-state index in [2.05, 4.69) is 156 Å². The van der Waals surface area contributed by atoms with Crippen molar-refractivity contribution < 1.29 is 0 Å². The predicted molar refractivity (Wildman–Crippen MR) is 209 cm³/mol. The van der Waals surface area contributed by atoms with Gasteiger partial charge in [0.15, 0.2) is 5.82 Å². The second kappa shape index (κ2) is 12.2. The zero-order chi connectivity index (χ0) is 33.6.